The summed E-state index contributed by atoms with van der Waals surface area (Å²) in [5.74, 6) is 1.97. The second kappa shape index (κ2) is 6.88. The summed E-state index contributed by atoms with van der Waals surface area (Å²) in [5, 5.41) is 7.65. The fraction of sp³-hybridized carbons (Fsp3) is 0.643. The van der Waals surface area contributed by atoms with Crippen molar-refractivity contribution >= 4 is 23.4 Å². The van der Waals surface area contributed by atoms with E-state index < -0.39 is 0 Å². The summed E-state index contributed by atoms with van der Waals surface area (Å²) in [6, 6.07) is 6.74. The topological polar surface area (TPSA) is 37.0 Å². The molecule has 3 nitrogen and oxygen atoms in total. The number of anilines is 2. The molecule has 0 radical (unpaired) electrons. The molecular weight excluding hydrogens is 242 g/mol. The van der Waals surface area contributed by atoms with E-state index in [-0.39, 0.29) is 0 Å². The molecular formula is C14H23N3S. The van der Waals surface area contributed by atoms with Crippen LogP contribution in [0, 0.1) is 0 Å². The van der Waals surface area contributed by atoms with Crippen molar-refractivity contribution in [1.29, 1.82) is 0 Å². The number of pyridine rings is 1. The number of nitrogens with one attached hydrogen (secondary N) is 2. The largest absolute Gasteiger partial charge is 0.370 e. The monoisotopic (exact) mass is 265 g/mol. The van der Waals surface area contributed by atoms with Gasteiger partial charge in [0.1, 0.15) is 11.6 Å². The van der Waals surface area contributed by atoms with Crippen molar-refractivity contribution < 1.29 is 0 Å². The smallest absolute Gasteiger partial charge is 0.128 e. The number of nitrogens with zero attached hydrogens (tertiary/aromatic N) is 1. The molecule has 1 fully saturated rings. The molecule has 2 atom stereocenters. The molecule has 1 aliphatic rings. The van der Waals surface area contributed by atoms with Crippen molar-refractivity contribution in [1.82, 2.24) is 4.98 Å². The van der Waals surface area contributed by atoms with Crippen LogP contribution in [0.15, 0.2) is 18.2 Å². The van der Waals surface area contributed by atoms with Gasteiger partial charge in [0, 0.05) is 17.8 Å². The molecule has 1 aromatic rings. The normalized spacial score (nSPS) is 23.0. The van der Waals surface area contributed by atoms with Crippen LogP contribution in [0.1, 0.15) is 32.6 Å². The highest BCUT2D eigenvalue weighted by molar-refractivity contribution is 7.99. The predicted octanol–water partition coefficient (Wildman–Crippen LogP) is 3.60. The van der Waals surface area contributed by atoms with Gasteiger partial charge in [0.2, 0.25) is 0 Å². The van der Waals surface area contributed by atoms with Crippen molar-refractivity contribution in [3.8, 4) is 0 Å². The highest BCUT2D eigenvalue weighted by atomic mass is 32.2. The Morgan fingerprint density at radius 1 is 1.33 bits per heavy atom. The Kier molecular flexibility index (Phi) is 5.17. The fourth-order valence-corrected chi connectivity index (χ4v) is 3.36. The van der Waals surface area contributed by atoms with Gasteiger partial charge in [-0.05, 0) is 37.7 Å². The molecule has 0 spiro atoms. The van der Waals surface area contributed by atoms with Crippen LogP contribution >= 0.6 is 11.8 Å². The zero-order chi connectivity index (χ0) is 12.8. The summed E-state index contributed by atoms with van der Waals surface area (Å²) >= 11 is 1.97. The van der Waals surface area contributed by atoms with Gasteiger partial charge >= 0.3 is 0 Å². The number of rotatable bonds is 6. The summed E-state index contributed by atoms with van der Waals surface area (Å²) in [6.07, 6.45) is 7.25. The van der Waals surface area contributed by atoms with E-state index in [0.29, 0.717) is 6.04 Å². The molecule has 1 aliphatic carbocycles. The van der Waals surface area contributed by atoms with E-state index in [1.54, 1.807) is 0 Å². The number of hydrogen-bond donors (Lipinski definition) is 2. The molecule has 100 valence electrons. The van der Waals surface area contributed by atoms with Crippen LogP contribution in [0.2, 0.25) is 0 Å². The molecule has 0 aromatic carbocycles. The van der Waals surface area contributed by atoms with Crippen LogP contribution in [0.4, 0.5) is 11.6 Å². The highest BCUT2D eigenvalue weighted by Gasteiger charge is 2.26. The average molecular weight is 265 g/mol. The first-order chi connectivity index (χ1) is 8.83. The summed E-state index contributed by atoms with van der Waals surface area (Å²) in [6.45, 7) is 3.14. The molecule has 2 N–H and O–H groups in total. The first-order valence-electron chi connectivity index (χ1n) is 6.83. The molecule has 0 aliphatic heterocycles. The van der Waals surface area contributed by atoms with E-state index >= 15 is 0 Å². The second-order valence-corrected chi connectivity index (χ2v) is 5.87. The summed E-state index contributed by atoms with van der Waals surface area (Å²) in [5.41, 5.74) is 0. The van der Waals surface area contributed by atoms with Crippen LogP contribution in [-0.2, 0) is 0 Å². The third-order valence-electron chi connectivity index (χ3n) is 3.39. The van der Waals surface area contributed by atoms with Gasteiger partial charge in [-0.3, -0.25) is 0 Å². The molecule has 1 heterocycles. The van der Waals surface area contributed by atoms with Crippen LogP contribution in [-0.4, -0.2) is 29.1 Å². The minimum absolute atomic E-state index is 0.578. The summed E-state index contributed by atoms with van der Waals surface area (Å²) in [4.78, 5) is 4.61. The standard InChI is InChI=1S/C14H23N3S/c1-3-10-15-13-8-5-9-14(17-13)16-11-6-4-7-12(11)18-2/h5,8-9,11-12H,3-4,6-7,10H2,1-2H3,(H2,15,16,17). The van der Waals surface area contributed by atoms with Crippen molar-refractivity contribution in [3.05, 3.63) is 18.2 Å². The molecule has 0 saturated heterocycles. The molecule has 4 heteroatoms. The molecule has 2 unspecified atom stereocenters. The minimum Gasteiger partial charge on any atom is -0.370 e. The lowest BCUT2D eigenvalue weighted by Gasteiger charge is -2.20. The quantitative estimate of drug-likeness (QED) is 0.824. The van der Waals surface area contributed by atoms with Crippen LogP contribution in [0.25, 0.3) is 0 Å². The van der Waals surface area contributed by atoms with E-state index in [2.05, 4.69) is 40.9 Å². The van der Waals surface area contributed by atoms with E-state index in [1.807, 2.05) is 17.8 Å². The van der Waals surface area contributed by atoms with Crippen molar-refractivity contribution in [2.24, 2.45) is 0 Å². The molecule has 0 bridgehead atoms. The van der Waals surface area contributed by atoms with Gasteiger partial charge in [-0.25, -0.2) is 4.98 Å². The molecule has 0 amide bonds. The van der Waals surface area contributed by atoms with E-state index in [4.69, 9.17) is 0 Å². The van der Waals surface area contributed by atoms with Gasteiger partial charge in [0.25, 0.3) is 0 Å². The van der Waals surface area contributed by atoms with Crippen LogP contribution in [0.3, 0.4) is 0 Å². The van der Waals surface area contributed by atoms with Gasteiger partial charge in [-0.15, -0.1) is 0 Å². The fourth-order valence-electron chi connectivity index (χ4n) is 2.43. The summed E-state index contributed by atoms with van der Waals surface area (Å²) in [7, 11) is 0. The lowest BCUT2D eigenvalue weighted by Crippen LogP contribution is -2.26. The average Bonchev–Trinajstić information content (AvgIpc) is 2.84. The lowest BCUT2D eigenvalue weighted by molar-refractivity contribution is 0.763. The Morgan fingerprint density at radius 3 is 2.94 bits per heavy atom. The first kappa shape index (κ1) is 13.5. The number of aromatic nitrogens is 1. The van der Waals surface area contributed by atoms with Gasteiger partial charge in [-0.2, -0.15) is 11.8 Å². The maximum absolute atomic E-state index is 4.61. The highest BCUT2D eigenvalue weighted by Crippen LogP contribution is 2.30. The second-order valence-electron chi connectivity index (χ2n) is 4.79. The SMILES string of the molecule is CCCNc1cccc(NC2CCCC2SC)n1. The molecule has 1 saturated carbocycles. The van der Waals surface area contributed by atoms with Crippen LogP contribution in [0.5, 0.6) is 0 Å². The van der Waals surface area contributed by atoms with Crippen LogP contribution < -0.4 is 10.6 Å². The number of hydrogen-bond acceptors (Lipinski definition) is 4. The molecule has 1 aromatic heterocycles. The van der Waals surface area contributed by atoms with E-state index in [9.17, 15) is 0 Å². The van der Waals surface area contributed by atoms with Crippen molar-refractivity contribution in [2.45, 2.75) is 43.9 Å². The Balaban J connectivity index is 1.96. The maximum Gasteiger partial charge on any atom is 0.128 e. The van der Waals surface area contributed by atoms with Gasteiger partial charge in [0.05, 0.1) is 0 Å². The Hall–Kier alpha value is -0.900. The zero-order valence-electron chi connectivity index (χ0n) is 11.3. The maximum atomic E-state index is 4.61. The third kappa shape index (κ3) is 3.55. The first-order valence-corrected chi connectivity index (χ1v) is 8.12. The third-order valence-corrected chi connectivity index (χ3v) is 4.56. The van der Waals surface area contributed by atoms with E-state index in [0.717, 1.165) is 29.9 Å². The van der Waals surface area contributed by atoms with Crippen molar-refractivity contribution in [2.75, 3.05) is 23.4 Å². The van der Waals surface area contributed by atoms with Gasteiger partial charge in [-0.1, -0.05) is 19.4 Å². The Labute approximate surface area is 114 Å². The summed E-state index contributed by atoms with van der Waals surface area (Å²) < 4.78 is 0. The number of thioether (sulfide) groups is 1. The Morgan fingerprint density at radius 2 is 2.17 bits per heavy atom. The zero-order valence-corrected chi connectivity index (χ0v) is 12.1. The van der Waals surface area contributed by atoms with Crippen molar-refractivity contribution in [3.63, 3.8) is 0 Å². The van der Waals surface area contributed by atoms with E-state index in [1.165, 1.54) is 19.3 Å². The molecule has 2 rings (SSSR count). The predicted molar refractivity (Wildman–Crippen MR) is 81.6 cm³/mol. The van der Waals surface area contributed by atoms with Gasteiger partial charge < -0.3 is 10.6 Å². The Bertz CT molecular complexity index is 370. The van der Waals surface area contributed by atoms with Gasteiger partial charge in [0.15, 0.2) is 0 Å². The minimum atomic E-state index is 0.578. The molecule has 18 heavy (non-hydrogen) atoms. The lowest BCUT2D eigenvalue weighted by atomic mass is 10.2.